The van der Waals surface area contributed by atoms with Crippen molar-refractivity contribution in [1.82, 2.24) is 0 Å². The standard InChI is InChI=1S/C12H15BrO5/c1-17-10-4-3-8(13)7-9(10)11(12(15)16)18-6-2-5-14/h3-4,7,11,14H,2,5-6H2,1H3,(H,15,16). The van der Waals surface area contributed by atoms with Gasteiger partial charge in [0.25, 0.3) is 0 Å². The Morgan fingerprint density at radius 1 is 1.50 bits per heavy atom. The molecule has 1 unspecified atom stereocenters. The molecular weight excluding hydrogens is 304 g/mol. The average Bonchev–Trinajstić information content (AvgIpc) is 2.34. The summed E-state index contributed by atoms with van der Waals surface area (Å²) in [5.74, 6) is -0.640. The predicted molar refractivity (Wildman–Crippen MR) is 68.7 cm³/mol. The van der Waals surface area contributed by atoms with Crippen LogP contribution in [0.2, 0.25) is 0 Å². The lowest BCUT2D eigenvalue weighted by atomic mass is 10.1. The first-order chi connectivity index (χ1) is 8.60. The van der Waals surface area contributed by atoms with E-state index in [1.807, 2.05) is 0 Å². The summed E-state index contributed by atoms with van der Waals surface area (Å²) in [5.41, 5.74) is 0.442. The maximum Gasteiger partial charge on any atom is 0.337 e. The van der Waals surface area contributed by atoms with Gasteiger partial charge in [-0.2, -0.15) is 0 Å². The van der Waals surface area contributed by atoms with Crippen LogP contribution in [0.3, 0.4) is 0 Å². The third-order valence-corrected chi connectivity index (χ3v) is 2.78. The molecule has 18 heavy (non-hydrogen) atoms. The summed E-state index contributed by atoms with van der Waals surface area (Å²) in [7, 11) is 1.47. The molecule has 100 valence electrons. The molecule has 1 rings (SSSR count). The van der Waals surface area contributed by atoms with Gasteiger partial charge >= 0.3 is 5.97 Å². The molecule has 0 amide bonds. The van der Waals surface area contributed by atoms with Crippen molar-refractivity contribution in [2.24, 2.45) is 0 Å². The highest BCUT2D eigenvalue weighted by atomic mass is 79.9. The number of rotatable bonds is 7. The van der Waals surface area contributed by atoms with Crippen LogP contribution in [-0.4, -0.2) is 36.5 Å². The third kappa shape index (κ3) is 3.97. The van der Waals surface area contributed by atoms with Crippen molar-refractivity contribution in [3.05, 3.63) is 28.2 Å². The maximum atomic E-state index is 11.2. The second kappa shape index (κ2) is 7.35. The first kappa shape index (κ1) is 14.9. The van der Waals surface area contributed by atoms with Crippen LogP contribution in [0.1, 0.15) is 18.1 Å². The SMILES string of the molecule is COc1ccc(Br)cc1C(OCCCO)C(=O)O. The smallest absolute Gasteiger partial charge is 0.337 e. The molecule has 0 heterocycles. The van der Waals surface area contributed by atoms with Gasteiger partial charge < -0.3 is 19.7 Å². The third-order valence-electron chi connectivity index (χ3n) is 2.29. The summed E-state index contributed by atoms with van der Waals surface area (Å²) >= 11 is 3.28. The lowest BCUT2D eigenvalue weighted by molar-refractivity contribution is -0.151. The average molecular weight is 319 g/mol. The summed E-state index contributed by atoms with van der Waals surface area (Å²) < 4.78 is 11.1. The van der Waals surface area contributed by atoms with Gasteiger partial charge in [-0.3, -0.25) is 0 Å². The number of hydrogen-bond acceptors (Lipinski definition) is 4. The fraction of sp³-hybridized carbons (Fsp3) is 0.417. The monoisotopic (exact) mass is 318 g/mol. The Morgan fingerprint density at radius 2 is 2.22 bits per heavy atom. The van der Waals surface area contributed by atoms with Gasteiger partial charge in [0.1, 0.15) is 5.75 Å². The number of carboxylic acid groups (broad SMARTS) is 1. The summed E-state index contributed by atoms with van der Waals surface area (Å²) in [6, 6.07) is 5.08. The van der Waals surface area contributed by atoms with Crippen LogP contribution < -0.4 is 4.74 Å². The van der Waals surface area contributed by atoms with Crippen molar-refractivity contribution in [3.63, 3.8) is 0 Å². The van der Waals surface area contributed by atoms with Gasteiger partial charge in [0, 0.05) is 16.6 Å². The molecule has 0 bridgehead atoms. The topological polar surface area (TPSA) is 76.0 Å². The zero-order valence-electron chi connectivity index (χ0n) is 9.93. The number of carboxylic acids is 1. The molecule has 0 saturated carbocycles. The van der Waals surface area contributed by atoms with Crippen LogP contribution in [-0.2, 0) is 9.53 Å². The van der Waals surface area contributed by atoms with Crippen LogP contribution in [0.4, 0.5) is 0 Å². The van der Waals surface area contributed by atoms with E-state index in [9.17, 15) is 9.90 Å². The Balaban J connectivity index is 2.97. The van der Waals surface area contributed by atoms with Gasteiger partial charge in [-0.1, -0.05) is 15.9 Å². The molecule has 0 spiro atoms. The van der Waals surface area contributed by atoms with Crippen LogP contribution in [0, 0.1) is 0 Å². The van der Waals surface area contributed by atoms with E-state index in [1.165, 1.54) is 7.11 Å². The van der Waals surface area contributed by atoms with Gasteiger partial charge in [0.2, 0.25) is 0 Å². The molecule has 0 aliphatic carbocycles. The fourth-order valence-electron chi connectivity index (χ4n) is 1.47. The number of carbonyl (C=O) groups is 1. The number of methoxy groups -OCH3 is 1. The molecule has 5 nitrogen and oxygen atoms in total. The molecule has 1 aromatic rings. The van der Waals surface area contributed by atoms with E-state index in [0.717, 1.165) is 4.47 Å². The molecule has 0 aliphatic heterocycles. The lowest BCUT2D eigenvalue weighted by Gasteiger charge is -2.17. The van der Waals surface area contributed by atoms with Crippen molar-refractivity contribution < 1.29 is 24.5 Å². The van der Waals surface area contributed by atoms with E-state index >= 15 is 0 Å². The molecule has 0 radical (unpaired) electrons. The first-order valence-corrected chi connectivity index (χ1v) is 6.18. The Bertz CT molecular complexity index is 407. The second-order valence-electron chi connectivity index (χ2n) is 3.55. The van der Waals surface area contributed by atoms with Crippen molar-refractivity contribution >= 4 is 21.9 Å². The molecule has 0 fully saturated rings. The number of aliphatic carboxylic acids is 1. The van der Waals surface area contributed by atoms with Crippen LogP contribution in [0.5, 0.6) is 5.75 Å². The highest BCUT2D eigenvalue weighted by Crippen LogP contribution is 2.30. The largest absolute Gasteiger partial charge is 0.496 e. The van der Waals surface area contributed by atoms with Gasteiger partial charge in [0.05, 0.1) is 13.7 Å². The lowest BCUT2D eigenvalue weighted by Crippen LogP contribution is -2.17. The Hall–Kier alpha value is -1.11. The van der Waals surface area contributed by atoms with Gasteiger partial charge in [-0.05, 0) is 24.6 Å². The summed E-state index contributed by atoms with van der Waals surface area (Å²) in [6.07, 6.45) is -0.718. The van der Waals surface area contributed by atoms with Crippen molar-refractivity contribution in [2.75, 3.05) is 20.3 Å². The number of halogens is 1. The van der Waals surface area contributed by atoms with Gasteiger partial charge in [-0.15, -0.1) is 0 Å². The van der Waals surface area contributed by atoms with Gasteiger partial charge in [0.15, 0.2) is 6.10 Å². The van der Waals surface area contributed by atoms with Crippen molar-refractivity contribution in [1.29, 1.82) is 0 Å². The summed E-state index contributed by atoms with van der Waals surface area (Å²) in [4.78, 5) is 11.2. The molecule has 2 N–H and O–H groups in total. The molecule has 1 aromatic carbocycles. The molecule has 0 saturated heterocycles. The Morgan fingerprint density at radius 3 is 2.78 bits per heavy atom. The van der Waals surface area contributed by atoms with E-state index in [0.29, 0.717) is 17.7 Å². The normalized spacial score (nSPS) is 12.2. The number of aliphatic hydroxyl groups excluding tert-OH is 1. The van der Waals surface area contributed by atoms with Crippen LogP contribution >= 0.6 is 15.9 Å². The number of hydrogen-bond donors (Lipinski definition) is 2. The number of benzene rings is 1. The molecular formula is C12H15BrO5. The quantitative estimate of drug-likeness (QED) is 0.752. The van der Waals surface area contributed by atoms with E-state index in [4.69, 9.17) is 14.6 Å². The molecule has 0 aromatic heterocycles. The Labute approximate surface area is 113 Å². The molecule has 6 heteroatoms. The minimum Gasteiger partial charge on any atom is -0.496 e. The Kier molecular flexibility index (Phi) is 6.11. The highest BCUT2D eigenvalue weighted by molar-refractivity contribution is 9.10. The zero-order chi connectivity index (χ0) is 13.5. The molecule has 0 aliphatic rings. The summed E-state index contributed by atoms with van der Waals surface area (Å²) in [6.45, 7) is 0.130. The minimum atomic E-state index is -1.11. The van der Waals surface area contributed by atoms with E-state index < -0.39 is 12.1 Å². The van der Waals surface area contributed by atoms with Crippen LogP contribution in [0.25, 0.3) is 0 Å². The highest BCUT2D eigenvalue weighted by Gasteiger charge is 2.24. The van der Waals surface area contributed by atoms with Gasteiger partial charge in [-0.25, -0.2) is 4.79 Å². The van der Waals surface area contributed by atoms with E-state index in [-0.39, 0.29) is 13.2 Å². The van der Waals surface area contributed by atoms with E-state index in [2.05, 4.69) is 15.9 Å². The molecule has 1 atom stereocenters. The maximum absolute atomic E-state index is 11.2. The number of aliphatic hydroxyl groups is 1. The fourth-order valence-corrected chi connectivity index (χ4v) is 1.85. The van der Waals surface area contributed by atoms with E-state index in [1.54, 1.807) is 18.2 Å². The first-order valence-electron chi connectivity index (χ1n) is 5.39. The van der Waals surface area contributed by atoms with Crippen LogP contribution in [0.15, 0.2) is 22.7 Å². The minimum absolute atomic E-state index is 0.0397. The van der Waals surface area contributed by atoms with Crippen molar-refractivity contribution in [3.8, 4) is 5.75 Å². The van der Waals surface area contributed by atoms with Crippen molar-refractivity contribution in [2.45, 2.75) is 12.5 Å². The second-order valence-corrected chi connectivity index (χ2v) is 4.47. The number of ether oxygens (including phenoxy) is 2. The zero-order valence-corrected chi connectivity index (χ0v) is 11.5. The summed E-state index contributed by atoms with van der Waals surface area (Å²) in [5, 5.41) is 17.9. The predicted octanol–water partition coefficient (Wildman–Crippen LogP) is 1.98.